The van der Waals surface area contributed by atoms with Gasteiger partial charge in [-0.25, -0.2) is 8.42 Å². The average molecular weight is 574 g/mol. The lowest BCUT2D eigenvalue weighted by Gasteiger charge is -2.26. The molecule has 2 aromatic rings. The number of hydrogen-bond donors (Lipinski definition) is 2. The molecule has 1 aliphatic heterocycles. The summed E-state index contributed by atoms with van der Waals surface area (Å²) in [6.45, 7) is 2.78. The van der Waals surface area contributed by atoms with Gasteiger partial charge in [-0.3, -0.25) is 4.99 Å². The van der Waals surface area contributed by atoms with E-state index in [1.165, 1.54) is 4.31 Å². The van der Waals surface area contributed by atoms with Gasteiger partial charge in [0.2, 0.25) is 10.0 Å². The normalized spacial score (nSPS) is 15.0. The van der Waals surface area contributed by atoms with Crippen LogP contribution in [0.4, 0.5) is 0 Å². The molecule has 10 heteroatoms. The van der Waals surface area contributed by atoms with Crippen LogP contribution < -0.4 is 15.4 Å². The highest BCUT2D eigenvalue weighted by atomic mass is 127. The standard InChI is InChI=1S/C22H30N4O4S.HI/c1-23-22(24-15-18-7-9-21(29-2)10-8-18)25-16-19-5-3-4-6-20(19)17-31(27,28)26-11-13-30-14-12-26;/h3-10H,11-17H2,1-2H3,(H2,23,24,25);1H. The van der Waals surface area contributed by atoms with E-state index in [1.807, 2.05) is 48.5 Å². The Morgan fingerprint density at radius 2 is 1.66 bits per heavy atom. The summed E-state index contributed by atoms with van der Waals surface area (Å²) in [5, 5.41) is 6.54. The average Bonchev–Trinajstić information content (AvgIpc) is 2.81. The summed E-state index contributed by atoms with van der Waals surface area (Å²) in [7, 11) is -0.0372. The summed E-state index contributed by atoms with van der Waals surface area (Å²) in [6.07, 6.45) is 0. The predicted molar refractivity (Wildman–Crippen MR) is 137 cm³/mol. The second-order valence-corrected chi connectivity index (χ2v) is 9.13. The Morgan fingerprint density at radius 1 is 1.03 bits per heavy atom. The summed E-state index contributed by atoms with van der Waals surface area (Å²) in [5.41, 5.74) is 2.81. The Kier molecular flexibility index (Phi) is 10.7. The second-order valence-electron chi connectivity index (χ2n) is 7.16. The number of hydrogen-bond acceptors (Lipinski definition) is 5. The molecular weight excluding hydrogens is 543 g/mol. The third-order valence-electron chi connectivity index (χ3n) is 5.11. The van der Waals surface area contributed by atoms with Gasteiger partial charge in [-0.05, 0) is 28.8 Å². The Morgan fingerprint density at radius 3 is 2.28 bits per heavy atom. The quantitative estimate of drug-likeness (QED) is 0.286. The molecule has 32 heavy (non-hydrogen) atoms. The van der Waals surface area contributed by atoms with Crippen molar-refractivity contribution >= 4 is 40.0 Å². The van der Waals surface area contributed by atoms with E-state index in [-0.39, 0.29) is 29.7 Å². The minimum absolute atomic E-state index is 0. The number of halogens is 1. The van der Waals surface area contributed by atoms with Crippen LogP contribution in [0.15, 0.2) is 53.5 Å². The van der Waals surface area contributed by atoms with Crippen LogP contribution in [0.25, 0.3) is 0 Å². The first-order valence-corrected chi connectivity index (χ1v) is 11.8. The lowest BCUT2D eigenvalue weighted by molar-refractivity contribution is 0.0729. The number of nitrogens with zero attached hydrogens (tertiary/aromatic N) is 2. The van der Waals surface area contributed by atoms with Gasteiger partial charge in [0.05, 0.1) is 26.1 Å². The van der Waals surface area contributed by atoms with Crippen molar-refractivity contribution in [2.45, 2.75) is 18.8 Å². The monoisotopic (exact) mass is 574 g/mol. The highest BCUT2D eigenvalue weighted by Crippen LogP contribution is 2.17. The van der Waals surface area contributed by atoms with Gasteiger partial charge in [0.15, 0.2) is 5.96 Å². The van der Waals surface area contributed by atoms with E-state index in [1.54, 1.807) is 14.2 Å². The third kappa shape index (κ3) is 7.61. The van der Waals surface area contributed by atoms with Crippen molar-refractivity contribution in [3.8, 4) is 5.75 Å². The molecule has 0 spiro atoms. The minimum Gasteiger partial charge on any atom is -0.497 e. The zero-order valence-electron chi connectivity index (χ0n) is 18.4. The van der Waals surface area contributed by atoms with Gasteiger partial charge in [-0.1, -0.05) is 36.4 Å². The van der Waals surface area contributed by atoms with Crippen molar-refractivity contribution in [1.29, 1.82) is 0 Å². The summed E-state index contributed by atoms with van der Waals surface area (Å²) < 4.78 is 37.6. The van der Waals surface area contributed by atoms with E-state index >= 15 is 0 Å². The Bertz CT molecular complexity index is 978. The number of nitrogens with one attached hydrogen (secondary N) is 2. The van der Waals surface area contributed by atoms with Gasteiger partial charge in [0, 0.05) is 33.2 Å². The van der Waals surface area contributed by atoms with Crippen LogP contribution in [0.5, 0.6) is 5.75 Å². The van der Waals surface area contributed by atoms with Crippen LogP contribution in [0.1, 0.15) is 16.7 Å². The van der Waals surface area contributed by atoms with Gasteiger partial charge in [0.1, 0.15) is 5.75 Å². The fourth-order valence-corrected chi connectivity index (χ4v) is 4.87. The first-order chi connectivity index (χ1) is 15.0. The van der Waals surface area contributed by atoms with E-state index in [0.717, 1.165) is 22.4 Å². The van der Waals surface area contributed by atoms with Crippen molar-refractivity contribution < 1.29 is 17.9 Å². The SMILES string of the molecule is CN=C(NCc1ccc(OC)cc1)NCc1ccccc1CS(=O)(=O)N1CCOCC1.I. The van der Waals surface area contributed by atoms with Gasteiger partial charge in [-0.15, -0.1) is 24.0 Å². The first kappa shape index (κ1) is 26.4. The predicted octanol–water partition coefficient (Wildman–Crippen LogP) is 2.34. The number of guanidine groups is 1. The lowest BCUT2D eigenvalue weighted by Crippen LogP contribution is -2.41. The van der Waals surface area contributed by atoms with Crippen LogP contribution in [0, 0.1) is 0 Å². The third-order valence-corrected chi connectivity index (χ3v) is 6.94. The highest BCUT2D eigenvalue weighted by molar-refractivity contribution is 14.0. The number of ether oxygens (including phenoxy) is 2. The van der Waals surface area contributed by atoms with Crippen molar-refractivity contribution in [1.82, 2.24) is 14.9 Å². The van der Waals surface area contributed by atoms with E-state index in [9.17, 15) is 8.42 Å². The molecule has 1 fully saturated rings. The summed E-state index contributed by atoms with van der Waals surface area (Å²) in [5.74, 6) is 1.43. The second kappa shape index (κ2) is 13.0. The number of methoxy groups -OCH3 is 1. The number of rotatable bonds is 8. The Balaban J connectivity index is 0.00000363. The van der Waals surface area contributed by atoms with Crippen LogP contribution >= 0.6 is 24.0 Å². The van der Waals surface area contributed by atoms with Gasteiger partial charge >= 0.3 is 0 Å². The molecule has 0 bridgehead atoms. The molecule has 0 unspecified atom stereocenters. The first-order valence-electron chi connectivity index (χ1n) is 10.2. The fourth-order valence-electron chi connectivity index (χ4n) is 3.31. The molecule has 176 valence electrons. The van der Waals surface area contributed by atoms with Gasteiger partial charge in [-0.2, -0.15) is 4.31 Å². The van der Waals surface area contributed by atoms with Crippen molar-refractivity contribution in [3.05, 3.63) is 65.2 Å². The van der Waals surface area contributed by atoms with E-state index in [2.05, 4.69) is 15.6 Å². The molecule has 8 nitrogen and oxygen atoms in total. The van der Waals surface area contributed by atoms with Crippen LogP contribution in [-0.2, 0) is 33.6 Å². The lowest BCUT2D eigenvalue weighted by atomic mass is 10.1. The molecule has 2 aromatic carbocycles. The van der Waals surface area contributed by atoms with Crippen molar-refractivity contribution in [3.63, 3.8) is 0 Å². The maximum Gasteiger partial charge on any atom is 0.218 e. The molecule has 0 radical (unpaired) electrons. The molecule has 1 aliphatic rings. The molecule has 1 saturated heterocycles. The molecule has 0 aromatic heterocycles. The molecule has 3 rings (SSSR count). The number of benzene rings is 2. The maximum absolute atomic E-state index is 12.8. The zero-order chi connectivity index (χ0) is 22.1. The van der Waals surface area contributed by atoms with E-state index < -0.39 is 10.0 Å². The van der Waals surface area contributed by atoms with Crippen LogP contribution in [0.3, 0.4) is 0 Å². The minimum atomic E-state index is -3.39. The molecular formula is C22H31IN4O4S. The van der Waals surface area contributed by atoms with Crippen molar-refractivity contribution in [2.75, 3.05) is 40.5 Å². The highest BCUT2D eigenvalue weighted by Gasteiger charge is 2.25. The van der Waals surface area contributed by atoms with Gasteiger partial charge in [0.25, 0.3) is 0 Å². The number of sulfonamides is 1. The Labute approximate surface area is 207 Å². The summed E-state index contributed by atoms with van der Waals surface area (Å²) >= 11 is 0. The maximum atomic E-state index is 12.8. The molecule has 0 atom stereocenters. The molecule has 0 amide bonds. The summed E-state index contributed by atoms with van der Waals surface area (Å²) in [6, 6.07) is 15.4. The molecule has 0 saturated carbocycles. The van der Waals surface area contributed by atoms with Crippen LogP contribution in [0.2, 0.25) is 0 Å². The molecule has 2 N–H and O–H groups in total. The van der Waals surface area contributed by atoms with Gasteiger partial charge < -0.3 is 20.1 Å². The van der Waals surface area contributed by atoms with E-state index in [4.69, 9.17) is 9.47 Å². The number of aliphatic imine (C=N–C) groups is 1. The number of morpholine rings is 1. The fraction of sp³-hybridized carbons (Fsp3) is 0.409. The van der Waals surface area contributed by atoms with Crippen molar-refractivity contribution in [2.24, 2.45) is 4.99 Å². The topological polar surface area (TPSA) is 92.3 Å². The largest absolute Gasteiger partial charge is 0.497 e. The zero-order valence-corrected chi connectivity index (χ0v) is 21.6. The van der Waals surface area contributed by atoms with E-state index in [0.29, 0.717) is 45.4 Å². The smallest absolute Gasteiger partial charge is 0.218 e. The Hall–Kier alpha value is -1.89. The molecule has 0 aliphatic carbocycles. The molecule has 1 heterocycles. The van der Waals surface area contributed by atoms with Crippen LogP contribution in [-0.4, -0.2) is 59.1 Å². The summed E-state index contributed by atoms with van der Waals surface area (Å²) in [4.78, 5) is 4.26.